The quantitative estimate of drug-likeness (QED) is 0.338. The fraction of sp³-hybridized carbons (Fsp3) is 0.562. The van der Waals surface area contributed by atoms with Gasteiger partial charge in [0.1, 0.15) is 10.0 Å². The lowest BCUT2D eigenvalue weighted by Gasteiger charge is -2.28. The maximum absolute atomic E-state index is 12.1. The molecule has 0 aromatic heterocycles. The molecule has 0 unspecified atom stereocenters. The molecule has 1 atom stereocenters. The van der Waals surface area contributed by atoms with Crippen molar-refractivity contribution in [2.45, 2.75) is 30.0 Å². The first-order valence-corrected chi connectivity index (χ1v) is 8.72. The minimum Gasteiger partial charge on any atom is -0.462 e. The van der Waals surface area contributed by atoms with Gasteiger partial charge in [-0.2, -0.15) is 0 Å². The van der Waals surface area contributed by atoms with Crippen molar-refractivity contribution < 1.29 is 14.5 Å². The average molecular weight is 373 g/mol. The van der Waals surface area contributed by atoms with Crippen LogP contribution in [0, 0.1) is 16.0 Å². The summed E-state index contributed by atoms with van der Waals surface area (Å²) in [6.07, 6.45) is 3.75. The van der Waals surface area contributed by atoms with E-state index in [1.54, 1.807) is 12.1 Å². The number of carbonyl (C=O) groups is 1. The Labute approximate surface area is 149 Å². The smallest absolute Gasteiger partial charge is 0.338 e. The predicted octanol–water partition coefficient (Wildman–Crippen LogP) is 3.94. The number of carbonyl (C=O) groups excluding carboxylic acids is 1. The van der Waals surface area contributed by atoms with E-state index in [1.165, 1.54) is 6.07 Å². The Morgan fingerprint density at radius 3 is 2.58 bits per heavy atom. The summed E-state index contributed by atoms with van der Waals surface area (Å²) in [6, 6.07) is 4.49. The Balaban J connectivity index is 1.73. The van der Waals surface area contributed by atoms with Gasteiger partial charge >= 0.3 is 5.97 Å². The molecule has 2 aliphatic rings. The van der Waals surface area contributed by atoms with Gasteiger partial charge in [0.05, 0.1) is 17.1 Å². The van der Waals surface area contributed by atoms with Crippen LogP contribution >= 0.6 is 23.2 Å². The number of hydrogen-bond donors (Lipinski definition) is 0. The fourth-order valence-electron chi connectivity index (χ4n) is 2.91. The summed E-state index contributed by atoms with van der Waals surface area (Å²) in [5.41, 5.74) is 0.652. The molecule has 130 valence electrons. The summed E-state index contributed by atoms with van der Waals surface area (Å²) in [7, 11) is 0. The third-order valence-electron chi connectivity index (χ3n) is 4.48. The van der Waals surface area contributed by atoms with Gasteiger partial charge in [0.25, 0.3) is 5.69 Å². The number of anilines is 1. The van der Waals surface area contributed by atoms with E-state index >= 15 is 0 Å². The van der Waals surface area contributed by atoms with Crippen molar-refractivity contribution in [1.82, 2.24) is 0 Å². The number of nitro groups is 1. The monoisotopic (exact) mass is 372 g/mol. The molecule has 2 fully saturated rings. The largest absolute Gasteiger partial charge is 0.462 e. The van der Waals surface area contributed by atoms with Gasteiger partial charge in [0.2, 0.25) is 0 Å². The van der Waals surface area contributed by atoms with Gasteiger partial charge in [-0.05, 0) is 37.8 Å². The van der Waals surface area contributed by atoms with Crippen LogP contribution < -0.4 is 4.90 Å². The van der Waals surface area contributed by atoms with E-state index in [0.29, 0.717) is 12.1 Å². The van der Waals surface area contributed by atoms with E-state index in [1.807, 2.05) is 4.90 Å². The average Bonchev–Trinajstić information content (AvgIpc) is 3.19. The number of nitro benzene ring substituents is 1. The lowest BCUT2D eigenvalue weighted by molar-refractivity contribution is -0.384. The molecule has 8 heteroatoms. The molecular weight excluding hydrogens is 355 g/mol. The first-order valence-electron chi connectivity index (χ1n) is 7.97. The van der Waals surface area contributed by atoms with Crippen LogP contribution in [0.1, 0.15) is 36.0 Å². The molecule has 1 aromatic carbocycles. The van der Waals surface area contributed by atoms with Gasteiger partial charge in [-0.25, -0.2) is 4.79 Å². The fourth-order valence-corrected chi connectivity index (χ4v) is 3.41. The van der Waals surface area contributed by atoms with Gasteiger partial charge < -0.3 is 9.64 Å². The molecular formula is C16H18Cl2N2O4. The van der Waals surface area contributed by atoms with Crippen molar-refractivity contribution in [3.8, 4) is 0 Å². The summed E-state index contributed by atoms with van der Waals surface area (Å²) in [5, 5.41) is 11.4. The third kappa shape index (κ3) is 3.75. The summed E-state index contributed by atoms with van der Waals surface area (Å²) in [6.45, 7) is 1.70. The molecule has 1 aliphatic heterocycles. The van der Waals surface area contributed by atoms with E-state index in [-0.39, 0.29) is 23.8 Å². The van der Waals surface area contributed by atoms with Crippen molar-refractivity contribution in [3.63, 3.8) is 0 Å². The van der Waals surface area contributed by atoms with Crippen LogP contribution in [0.15, 0.2) is 18.2 Å². The van der Waals surface area contributed by atoms with Gasteiger partial charge in [-0.3, -0.25) is 10.1 Å². The van der Waals surface area contributed by atoms with Crippen molar-refractivity contribution in [1.29, 1.82) is 0 Å². The zero-order valence-electron chi connectivity index (χ0n) is 13.0. The highest BCUT2D eigenvalue weighted by atomic mass is 35.5. The second-order valence-electron chi connectivity index (χ2n) is 6.27. The van der Waals surface area contributed by atoms with E-state index < -0.39 is 15.2 Å². The predicted molar refractivity (Wildman–Crippen MR) is 92.0 cm³/mol. The molecule has 24 heavy (non-hydrogen) atoms. The second-order valence-corrected chi connectivity index (χ2v) is 7.81. The van der Waals surface area contributed by atoms with E-state index in [9.17, 15) is 14.9 Å². The Kier molecular flexibility index (Phi) is 4.88. The first kappa shape index (κ1) is 17.3. The number of benzene rings is 1. The molecule has 0 amide bonds. The molecule has 1 heterocycles. The van der Waals surface area contributed by atoms with Crippen molar-refractivity contribution in [3.05, 3.63) is 33.9 Å². The molecule has 0 radical (unpaired) electrons. The Hall–Kier alpha value is -1.53. The van der Waals surface area contributed by atoms with Crippen molar-refractivity contribution in [2.24, 2.45) is 5.92 Å². The second kappa shape index (κ2) is 6.76. The zero-order valence-corrected chi connectivity index (χ0v) is 14.6. The van der Waals surface area contributed by atoms with Gasteiger partial charge in [-0.15, -0.1) is 23.2 Å². The molecule has 0 spiro atoms. The molecule has 1 aliphatic carbocycles. The number of nitrogens with zero attached hydrogens (tertiary/aromatic N) is 2. The van der Waals surface area contributed by atoms with Crippen LogP contribution in [0.4, 0.5) is 11.4 Å². The number of halogens is 2. The summed E-state index contributed by atoms with van der Waals surface area (Å²) in [4.78, 5) is 25.0. The lowest BCUT2D eigenvalue weighted by atomic mass is 10.1. The number of piperidine rings is 1. The van der Waals surface area contributed by atoms with Gasteiger partial charge in [-0.1, -0.05) is 0 Å². The summed E-state index contributed by atoms with van der Waals surface area (Å²) in [5.74, 6) is -0.674. The normalized spacial score (nSPS) is 22.1. The zero-order chi connectivity index (χ0) is 17.3. The van der Waals surface area contributed by atoms with Crippen molar-refractivity contribution in [2.75, 3.05) is 24.6 Å². The molecule has 3 rings (SSSR count). The van der Waals surface area contributed by atoms with Crippen LogP contribution in [0.25, 0.3) is 0 Å². The van der Waals surface area contributed by atoms with Crippen molar-refractivity contribution >= 4 is 40.5 Å². The maximum atomic E-state index is 12.1. The molecule has 6 nitrogen and oxygen atoms in total. The molecule has 0 N–H and O–H groups in total. The highest BCUT2D eigenvalue weighted by Gasteiger charge is 2.52. The molecule has 1 saturated carbocycles. The van der Waals surface area contributed by atoms with E-state index in [0.717, 1.165) is 32.4 Å². The summed E-state index contributed by atoms with van der Waals surface area (Å²) >= 11 is 11.8. The number of ether oxygens (including phenoxy) is 1. The lowest BCUT2D eigenvalue weighted by Crippen LogP contribution is -2.30. The minimum atomic E-state index is -0.815. The number of rotatable bonds is 5. The SMILES string of the molecule is O=C(OC[C@@H]1CC1(Cl)Cl)c1ccc(N2CCCCC2)c([N+](=O)[O-])c1. The molecule has 0 bridgehead atoms. The number of hydrogen-bond acceptors (Lipinski definition) is 5. The minimum absolute atomic E-state index is 0.0678. The maximum Gasteiger partial charge on any atom is 0.338 e. The standard InChI is InChI=1S/C16H18Cl2N2O4/c17-16(18)9-12(16)10-24-15(21)11-4-5-13(14(8-11)20(22)23)19-6-2-1-3-7-19/h4-5,8,12H,1-3,6-7,9-10H2/t12-/m0/s1. The van der Waals surface area contributed by atoms with E-state index in [2.05, 4.69) is 0 Å². The Morgan fingerprint density at radius 1 is 1.33 bits per heavy atom. The number of alkyl halides is 2. The highest BCUT2D eigenvalue weighted by Crippen LogP contribution is 2.53. The van der Waals surface area contributed by atoms with Crippen LogP contribution in [0.2, 0.25) is 0 Å². The molecule has 1 saturated heterocycles. The topological polar surface area (TPSA) is 72.7 Å². The van der Waals surface area contributed by atoms with Crippen LogP contribution in [0.5, 0.6) is 0 Å². The Bertz CT molecular complexity index is 659. The van der Waals surface area contributed by atoms with Crippen LogP contribution in [-0.4, -0.2) is 34.9 Å². The Morgan fingerprint density at radius 2 is 2.00 bits per heavy atom. The van der Waals surface area contributed by atoms with Crippen LogP contribution in [-0.2, 0) is 4.74 Å². The van der Waals surface area contributed by atoms with E-state index in [4.69, 9.17) is 27.9 Å². The third-order valence-corrected chi connectivity index (χ3v) is 5.40. The summed E-state index contributed by atoms with van der Waals surface area (Å²) < 4.78 is 4.35. The number of esters is 1. The molecule has 1 aromatic rings. The van der Waals surface area contributed by atoms with Gasteiger partial charge in [0.15, 0.2) is 0 Å². The van der Waals surface area contributed by atoms with Gasteiger partial charge in [0, 0.05) is 25.1 Å². The first-order chi connectivity index (χ1) is 11.4. The highest BCUT2D eigenvalue weighted by molar-refractivity contribution is 6.50. The van der Waals surface area contributed by atoms with Crippen LogP contribution in [0.3, 0.4) is 0 Å².